The van der Waals surface area contributed by atoms with Gasteiger partial charge in [0, 0.05) is 23.2 Å². The van der Waals surface area contributed by atoms with Gasteiger partial charge >= 0.3 is 0 Å². The van der Waals surface area contributed by atoms with Crippen LogP contribution in [-0.4, -0.2) is 41.9 Å². The highest BCUT2D eigenvalue weighted by atomic mass is 35.5. The molecular weight excluding hydrogens is 426 g/mol. The zero-order valence-electron chi connectivity index (χ0n) is 17.4. The molecule has 0 aliphatic heterocycles. The Morgan fingerprint density at radius 1 is 1.09 bits per heavy atom. The van der Waals surface area contributed by atoms with Crippen molar-refractivity contribution in [2.45, 2.75) is 43.9 Å². The van der Waals surface area contributed by atoms with E-state index in [9.17, 15) is 10.2 Å². The molecule has 3 heterocycles. The number of anilines is 1. The van der Waals surface area contributed by atoms with Crippen LogP contribution in [0.1, 0.15) is 30.9 Å². The molecule has 2 fully saturated rings. The minimum Gasteiger partial charge on any atom is -0.390 e. The molecular formula is C24H24ClN5O2. The van der Waals surface area contributed by atoms with Crippen LogP contribution < -0.4 is 5.73 Å². The van der Waals surface area contributed by atoms with Gasteiger partial charge in [0.15, 0.2) is 0 Å². The zero-order chi connectivity index (χ0) is 22.0. The molecule has 32 heavy (non-hydrogen) atoms. The van der Waals surface area contributed by atoms with Crippen LogP contribution >= 0.6 is 11.6 Å². The first-order chi connectivity index (χ1) is 15.4. The van der Waals surface area contributed by atoms with Gasteiger partial charge in [0.1, 0.15) is 23.9 Å². The van der Waals surface area contributed by atoms with E-state index in [1.807, 2.05) is 22.9 Å². The second kappa shape index (κ2) is 7.13. The lowest BCUT2D eigenvalue weighted by Gasteiger charge is -2.48. The summed E-state index contributed by atoms with van der Waals surface area (Å²) in [7, 11) is 0. The zero-order valence-corrected chi connectivity index (χ0v) is 18.2. The Morgan fingerprint density at radius 2 is 1.94 bits per heavy atom. The minimum absolute atomic E-state index is 0.229. The number of rotatable bonds is 3. The number of nitrogens with zero attached hydrogens (tertiary/aromatic N) is 4. The lowest BCUT2D eigenvalue weighted by Crippen LogP contribution is -2.46. The van der Waals surface area contributed by atoms with Crippen LogP contribution in [-0.2, 0) is 6.42 Å². The fourth-order valence-electron chi connectivity index (χ4n) is 5.99. The summed E-state index contributed by atoms with van der Waals surface area (Å²) in [4.78, 5) is 12.8. The number of halogens is 1. The van der Waals surface area contributed by atoms with Crippen LogP contribution in [0, 0.1) is 11.3 Å². The number of aliphatic hydroxyl groups is 2. The quantitative estimate of drug-likeness (QED) is 0.441. The van der Waals surface area contributed by atoms with Gasteiger partial charge in [0.25, 0.3) is 0 Å². The van der Waals surface area contributed by atoms with E-state index < -0.39 is 12.2 Å². The van der Waals surface area contributed by atoms with E-state index in [4.69, 9.17) is 17.3 Å². The van der Waals surface area contributed by atoms with Gasteiger partial charge in [-0.2, -0.15) is 0 Å². The van der Waals surface area contributed by atoms with Crippen molar-refractivity contribution in [1.82, 2.24) is 19.5 Å². The number of hydrogen-bond acceptors (Lipinski definition) is 6. The molecule has 7 nitrogen and oxygen atoms in total. The molecule has 0 saturated heterocycles. The van der Waals surface area contributed by atoms with Gasteiger partial charge in [-0.3, -0.25) is 4.98 Å². The second-order valence-electron chi connectivity index (χ2n) is 9.45. The Hall–Kier alpha value is -2.74. The van der Waals surface area contributed by atoms with E-state index in [0.717, 1.165) is 42.0 Å². The monoisotopic (exact) mass is 449 g/mol. The van der Waals surface area contributed by atoms with Crippen molar-refractivity contribution in [1.29, 1.82) is 0 Å². The summed E-state index contributed by atoms with van der Waals surface area (Å²) in [5, 5.41) is 24.3. The number of aliphatic hydroxyl groups excluding tert-OH is 2. The largest absolute Gasteiger partial charge is 0.390 e. The van der Waals surface area contributed by atoms with E-state index in [1.165, 1.54) is 11.9 Å². The predicted octanol–water partition coefficient (Wildman–Crippen LogP) is 3.52. The first-order valence-corrected chi connectivity index (χ1v) is 11.3. The number of pyridine rings is 1. The number of fused-ring (bicyclic) bond motifs is 2. The molecule has 3 aromatic heterocycles. The van der Waals surface area contributed by atoms with E-state index in [2.05, 4.69) is 33.2 Å². The molecule has 0 bridgehead atoms. The van der Waals surface area contributed by atoms with Crippen molar-refractivity contribution in [3.63, 3.8) is 0 Å². The Bertz CT molecular complexity index is 1330. The molecule has 2 aliphatic carbocycles. The number of hydrogen-bond donors (Lipinski definition) is 3. The summed E-state index contributed by atoms with van der Waals surface area (Å²) >= 11 is 6.04. The number of aromatic nitrogens is 4. The van der Waals surface area contributed by atoms with Crippen molar-refractivity contribution in [3.05, 3.63) is 59.6 Å². The average Bonchev–Trinajstić information content (AvgIpc) is 3.29. The van der Waals surface area contributed by atoms with Crippen molar-refractivity contribution in [3.8, 4) is 0 Å². The first kappa shape index (κ1) is 19.9. The lowest BCUT2D eigenvalue weighted by molar-refractivity contribution is -0.0841. The molecule has 4 N–H and O–H groups in total. The van der Waals surface area contributed by atoms with E-state index in [0.29, 0.717) is 22.4 Å². The van der Waals surface area contributed by atoms with Crippen LogP contribution in [0.15, 0.2) is 49.1 Å². The molecule has 6 rings (SSSR count). The van der Waals surface area contributed by atoms with Gasteiger partial charge in [0.05, 0.1) is 28.1 Å². The Labute approximate surface area is 189 Å². The summed E-state index contributed by atoms with van der Waals surface area (Å²) in [6.07, 6.45) is 6.86. The van der Waals surface area contributed by atoms with Crippen LogP contribution in [0.2, 0.25) is 5.02 Å². The highest BCUT2D eigenvalue weighted by Gasteiger charge is 2.59. The summed E-state index contributed by atoms with van der Waals surface area (Å²) < 4.78 is 1.95. The second-order valence-corrected chi connectivity index (χ2v) is 9.88. The van der Waals surface area contributed by atoms with E-state index in [1.54, 1.807) is 6.20 Å². The molecule has 0 radical (unpaired) electrons. The number of nitrogen functional groups attached to an aromatic ring is 1. The topological polar surface area (TPSA) is 110 Å². The van der Waals surface area contributed by atoms with Crippen LogP contribution in [0.3, 0.4) is 0 Å². The minimum atomic E-state index is -0.836. The smallest absolute Gasteiger partial charge is 0.145 e. The molecule has 8 heteroatoms. The van der Waals surface area contributed by atoms with Crippen molar-refractivity contribution >= 4 is 39.4 Å². The van der Waals surface area contributed by atoms with E-state index in [-0.39, 0.29) is 11.5 Å². The van der Waals surface area contributed by atoms with E-state index >= 15 is 0 Å². The molecule has 2 saturated carbocycles. The van der Waals surface area contributed by atoms with Gasteiger partial charge in [0.2, 0.25) is 0 Å². The fourth-order valence-corrected chi connectivity index (χ4v) is 6.16. The predicted molar refractivity (Wildman–Crippen MR) is 123 cm³/mol. The molecule has 1 spiro atoms. The molecule has 3 atom stereocenters. The summed E-state index contributed by atoms with van der Waals surface area (Å²) in [5.74, 6) is 0.895. The van der Waals surface area contributed by atoms with Gasteiger partial charge in [-0.25, -0.2) is 9.97 Å². The van der Waals surface area contributed by atoms with Crippen LogP contribution in [0.5, 0.6) is 0 Å². The average molecular weight is 450 g/mol. The summed E-state index contributed by atoms with van der Waals surface area (Å²) in [6, 6.07) is 9.88. The Balaban J connectivity index is 1.20. The first-order valence-electron chi connectivity index (χ1n) is 10.9. The number of nitrogens with two attached hydrogens (primary N) is 1. The fraction of sp³-hybridized carbons (Fsp3) is 0.375. The molecule has 2 aliphatic rings. The van der Waals surface area contributed by atoms with Gasteiger partial charge in [-0.15, -0.1) is 0 Å². The van der Waals surface area contributed by atoms with Crippen LogP contribution in [0.25, 0.3) is 21.9 Å². The number of benzene rings is 1. The van der Waals surface area contributed by atoms with Crippen molar-refractivity contribution in [2.75, 3.05) is 5.73 Å². The Morgan fingerprint density at radius 3 is 2.78 bits per heavy atom. The summed E-state index contributed by atoms with van der Waals surface area (Å²) in [5.41, 5.74) is 8.59. The molecule has 4 aromatic rings. The molecule has 1 aromatic carbocycles. The molecule has 0 amide bonds. The Kier molecular flexibility index (Phi) is 4.44. The van der Waals surface area contributed by atoms with Crippen LogP contribution in [0.4, 0.5) is 5.82 Å². The SMILES string of the molecule is Nc1ncnc2c1ccn2[C@@H]1CC2(CC(Cc3ccc4cc(Cl)cnc4c3)C2)[C@@H](O)[C@H]1O. The highest BCUT2D eigenvalue weighted by molar-refractivity contribution is 6.31. The van der Waals surface area contributed by atoms with Gasteiger partial charge < -0.3 is 20.5 Å². The van der Waals surface area contributed by atoms with Crippen molar-refractivity contribution < 1.29 is 10.2 Å². The maximum absolute atomic E-state index is 11.0. The summed E-state index contributed by atoms with van der Waals surface area (Å²) in [6.45, 7) is 0. The van der Waals surface area contributed by atoms with Gasteiger partial charge in [-0.1, -0.05) is 23.7 Å². The third-order valence-electron chi connectivity index (χ3n) is 7.49. The standard InChI is InChI=1S/C24H24ClN5O2/c25-16-7-15-2-1-13(6-18(15)27-11-16)5-14-8-24(9-14)10-19(20(31)21(24)32)30-4-3-17-22(26)28-12-29-23(17)30/h1-4,6-7,11-12,14,19-21,31-32H,5,8-10H2,(H2,26,28,29)/t14?,19-,20+,21+,24?/m1/s1. The molecule has 164 valence electrons. The molecule has 0 unspecified atom stereocenters. The maximum atomic E-state index is 11.0. The van der Waals surface area contributed by atoms with Gasteiger partial charge in [-0.05, 0) is 55.4 Å². The normalized spacial score (nSPS) is 29.7. The maximum Gasteiger partial charge on any atom is 0.145 e. The van der Waals surface area contributed by atoms with Crippen molar-refractivity contribution in [2.24, 2.45) is 11.3 Å². The third-order valence-corrected chi connectivity index (χ3v) is 7.69. The third kappa shape index (κ3) is 2.99. The highest BCUT2D eigenvalue weighted by Crippen LogP contribution is 2.60. The lowest BCUT2D eigenvalue weighted by atomic mass is 9.58.